The molecule has 5 heteroatoms. The molecule has 0 aliphatic carbocycles. The topological polar surface area (TPSA) is 65.5 Å². The summed E-state index contributed by atoms with van der Waals surface area (Å²) in [6.45, 7) is 5.28. The summed E-state index contributed by atoms with van der Waals surface area (Å²) in [6, 6.07) is 4.83. The van der Waals surface area contributed by atoms with Gasteiger partial charge in [-0.25, -0.2) is 14.6 Å². The zero-order valence-electron chi connectivity index (χ0n) is 24.1. The van der Waals surface area contributed by atoms with Crippen molar-refractivity contribution in [2.45, 2.75) is 149 Å². The first-order valence-corrected chi connectivity index (χ1v) is 15.5. The average molecular weight is 518 g/mol. The number of unbranched alkanes of at least 4 members (excludes halogenated alkanes) is 19. The Bertz CT molecular complexity index is 691. The van der Waals surface area contributed by atoms with Gasteiger partial charge in [-0.2, -0.15) is 0 Å². The van der Waals surface area contributed by atoms with Crippen LogP contribution in [0.2, 0.25) is 0 Å². The molecular formula is C32H55NO4. The molecule has 0 unspecified atom stereocenters. The predicted octanol–water partition coefficient (Wildman–Crippen LogP) is 9.63. The number of ether oxygens (including phenoxy) is 2. The van der Waals surface area contributed by atoms with Crippen molar-refractivity contribution in [3.63, 3.8) is 0 Å². The Balaban J connectivity index is 2.08. The fourth-order valence-electron chi connectivity index (χ4n) is 4.50. The molecule has 37 heavy (non-hydrogen) atoms. The number of esters is 2. The molecule has 1 rings (SSSR count). The van der Waals surface area contributed by atoms with E-state index in [4.69, 9.17) is 9.47 Å². The van der Waals surface area contributed by atoms with Crippen LogP contribution < -0.4 is 0 Å². The van der Waals surface area contributed by atoms with Gasteiger partial charge in [-0.15, -0.1) is 0 Å². The third-order valence-electron chi connectivity index (χ3n) is 6.88. The van der Waals surface area contributed by atoms with Crippen molar-refractivity contribution in [3.05, 3.63) is 29.6 Å². The smallest absolute Gasteiger partial charge is 0.356 e. The monoisotopic (exact) mass is 517 g/mol. The van der Waals surface area contributed by atoms with E-state index in [2.05, 4.69) is 18.8 Å². The molecule has 0 bridgehead atoms. The third-order valence-corrected chi connectivity index (χ3v) is 6.88. The Morgan fingerprint density at radius 3 is 1.14 bits per heavy atom. The molecule has 212 valence electrons. The first kappa shape index (κ1) is 33.1. The molecule has 0 fully saturated rings. The number of hydrogen-bond donors (Lipinski definition) is 0. The standard InChI is InChI=1S/C32H55NO4/c1-3-5-7-9-11-13-15-17-19-21-23-28-37-32(35)30-26-24-25-29(33-30)31(34)36-27-22-20-18-16-14-12-10-8-6-4-2/h24-26H,3-23,27-28H2,1-2H3. The van der Waals surface area contributed by atoms with E-state index in [1.54, 1.807) is 18.2 Å². The van der Waals surface area contributed by atoms with Gasteiger partial charge >= 0.3 is 11.9 Å². The molecule has 0 saturated carbocycles. The Hall–Kier alpha value is -1.91. The zero-order valence-corrected chi connectivity index (χ0v) is 24.1. The van der Waals surface area contributed by atoms with E-state index in [-0.39, 0.29) is 11.4 Å². The highest BCUT2D eigenvalue weighted by Crippen LogP contribution is 2.13. The number of aromatic nitrogens is 1. The Labute approximate surface area is 227 Å². The highest BCUT2D eigenvalue weighted by atomic mass is 16.5. The van der Waals surface area contributed by atoms with E-state index < -0.39 is 11.9 Å². The number of rotatable bonds is 25. The fourth-order valence-corrected chi connectivity index (χ4v) is 4.50. The SMILES string of the molecule is CCCCCCCCCCCCCOC(=O)c1cccc(C(=O)OCCCCCCCCCCCC)n1. The molecule has 1 aromatic heterocycles. The lowest BCUT2D eigenvalue weighted by Crippen LogP contribution is -2.13. The number of hydrogen-bond acceptors (Lipinski definition) is 5. The van der Waals surface area contributed by atoms with E-state index in [0.717, 1.165) is 25.7 Å². The molecule has 1 heterocycles. The maximum Gasteiger partial charge on any atom is 0.356 e. The highest BCUT2D eigenvalue weighted by molar-refractivity contribution is 5.91. The molecule has 0 atom stereocenters. The maximum atomic E-state index is 12.3. The van der Waals surface area contributed by atoms with E-state index in [0.29, 0.717) is 13.2 Å². The second-order valence-corrected chi connectivity index (χ2v) is 10.4. The second-order valence-electron chi connectivity index (χ2n) is 10.4. The largest absolute Gasteiger partial charge is 0.461 e. The first-order chi connectivity index (χ1) is 18.2. The third kappa shape index (κ3) is 18.9. The normalized spacial score (nSPS) is 11.0. The molecule has 0 aliphatic heterocycles. The van der Waals surface area contributed by atoms with Crippen molar-refractivity contribution in [2.24, 2.45) is 0 Å². The van der Waals surface area contributed by atoms with Crippen LogP contribution in [0.1, 0.15) is 170 Å². The molecule has 0 aromatic carbocycles. The first-order valence-electron chi connectivity index (χ1n) is 15.5. The molecule has 0 N–H and O–H groups in total. The molecule has 0 radical (unpaired) electrons. The van der Waals surface area contributed by atoms with Crippen LogP contribution in [0, 0.1) is 0 Å². The minimum atomic E-state index is -0.476. The molecule has 0 amide bonds. The van der Waals surface area contributed by atoms with E-state index >= 15 is 0 Å². The number of carbonyl (C=O) groups excluding carboxylic acids is 2. The van der Waals surface area contributed by atoms with Gasteiger partial charge in [0.1, 0.15) is 11.4 Å². The summed E-state index contributed by atoms with van der Waals surface area (Å²) in [5, 5.41) is 0. The fraction of sp³-hybridized carbons (Fsp3) is 0.781. The van der Waals surface area contributed by atoms with Gasteiger partial charge in [0.15, 0.2) is 0 Å². The number of nitrogens with zero attached hydrogens (tertiary/aromatic N) is 1. The van der Waals surface area contributed by atoms with Crippen LogP contribution in [-0.2, 0) is 9.47 Å². The summed E-state index contributed by atoms with van der Waals surface area (Å²) in [5.41, 5.74) is 0.327. The van der Waals surface area contributed by atoms with E-state index in [1.165, 1.54) is 109 Å². The van der Waals surface area contributed by atoms with Crippen LogP contribution in [0.5, 0.6) is 0 Å². The molecule has 0 saturated heterocycles. The van der Waals surface area contributed by atoms with Gasteiger partial charge in [0.2, 0.25) is 0 Å². The summed E-state index contributed by atoms with van der Waals surface area (Å²) in [5.74, 6) is -0.952. The van der Waals surface area contributed by atoms with Crippen LogP contribution in [0.3, 0.4) is 0 Å². The summed E-state index contributed by atoms with van der Waals surface area (Å²) >= 11 is 0. The van der Waals surface area contributed by atoms with Gasteiger partial charge in [-0.1, -0.05) is 142 Å². The van der Waals surface area contributed by atoms with E-state index in [1.807, 2.05) is 0 Å². The van der Waals surface area contributed by atoms with Crippen molar-refractivity contribution in [2.75, 3.05) is 13.2 Å². The van der Waals surface area contributed by atoms with Gasteiger partial charge < -0.3 is 9.47 Å². The molecule has 1 aromatic rings. The van der Waals surface area contributed by atoms with Crippen molar-refractivity contribution < 1.29 is 19.1 Å². The van der Waals surface area contributed by atoms with Gasteiger partial charge in [0, 0.05) is 0 Å². The van der Waals surface area contributed by atoms with Gasteiger partial charge in [0.05, 0.1) is 13.2 Å². The maximum absolute atomic E-state index is 12.3. The second kappa shape index (κ2) is 24.4. The zero-order chi connectivity index (χ0) is 26.8. The summed E-state index contributed by atoms with van der Waals surface area (Å²) < 4.78 is 10.7. The highest BCUT2D eigenvalue weighted by Gasteiger charge is 2.14. The van der Waals surface area contributed by atoms with E-state index in [9.17, 15) is 9.59 Å². The van der Waals surface area contributed by atoms with Crippen LogP contribution >= 0.6 is 0 Å². The summed E-state index contributed by atoms with van der Waals surface area (Å²) in [7, 11) is 0. The van der Waals surface area contributed by atoms with Crippen LogP contribution in [0.25, 0.3) is 0 Å². The lowest BCUT2D eigenvalue weighted by atomic mass is 10.1. The van der Waals surface area contributed by atoms with Crippen molar-refractivity contribution in [1.82, 2.24) is 4.98 Å². The predicted molar refractivity (Wildman–Crippen MR) is 153 cm³/mol. The van der Waals surface area contributed by atoms with Crippen LogP contribution in [-0.4, -0.2) is 30.1 Å². The van der Waals surface area contributed by atoms with Crippen molar-refractivity contribution >= 4 is 11.9 Å². The Morgan fingerprint density at radius 1 is 0.514 bits per heavy atom. The quantitative estimate of drug-likeness (QED) is 0.0954. The lowest BCUT2D eigenvalue weighted by Gasteiger charge is -2.07. The van der Waals surface area contributed by atoms with Gasteiger partial charge in [-0.05, 0) is 25.0 Å². The molecule has 0 aliphatic rings. The Kier molecular flexibility index (Phi) is 21.9. The molecule has 5 nitrogen and oxygen atoms in total. The number of pyridine rings is 1. The molecular weight excluding hydrogens is 462 g/mol. The molecule has 0 spiro atoms. The van der Waals surface area contributed by atoms with Gasteiger partial charge in [-0.3, -0.25) is 0 Å². The Morgan fingerprint density at radius 2 is 0.811 bits per heavy atom. The van der Waals surface area contributed by atoms with Crippen LogP contribution in [0.15, 0.2) is 18.2 Å². The average Bonchev–Trinajstić information content (AvgIpc) is 2.92. The minimum Gasteiger partial charge on any atom is -0.461 e. The van der Waals surface area contributed by atoms with Crippen molar-refractivity contribution in [3.8, 4) is 0 Å². The number of carbonyl (C=O) groups is 2. The minimum absolute atomic E-state index is 0.163. The lowest BCUT2D eigenvalue weighted by molar-refractivity contribution is 0.0482. The van der Waals surface area contributed by atoms with Crippen molar-refractivity contribution in [1.29, 1.82) is 0 Å². The summed E-state index contributed by atoms with van der Waals surface area (Å²) in [6.07, 6.45) is 26.2. The summed E-state index contributed by atoms with van der Waals surface area (Å²) in [4.78, 5) is 28.8. The van der Waals surface area contributed by atoms with Gasteiger partial charge in [0.25, 0.3) is 0 Å². The van der Waals surface area contributed by atoms with Crippen LogP contribution in [0.4, 0.5) is 0 Å².